The highest BCUT2D eigenvalue weighted by Gasteiger charge is 2.32. The lowest BCUT2D eigenvalue weighted by Crippen LogP contribution is -2.48. The largest absolute Gasteiger partial charge is 0.330 e. The first-order chi connectivity index (χ1) is 8.22. The van der Waals surface area contributed by atoms with Crippen LogP contribution in [0.15, 0.2) is 0 Å². The molecule has 0 aromatic rings. The van der Waals surface area contributed by atoms with Crippen LogP contribution in [0.5, 0.6) is 0 Å². The van der Waals surface area contributed by atoms with Gasteiger partial charge in [-0.15, -0.1) is 0 Å². The summed E-state index contributed by atoms with van der Waals surface area (Å²) >= 11 is 0. The van der Waals surface area contributed by atoms with E-state index in [4.69, 9.17) is 5.73 Å². The molecule has 4 unspecified atom stereocenters. The van der Waals surface area contributed by atoms with Crippen molar-refractivity contribution in [3.8, 4) is 0 Å². The minimum absolute atomic E-state index is 0.756. The minimum atomic E-state index is 0.756. The lowest BCUT2D eigenvalue weighted by atomic mass is 9.80. The summed E-state index contributed by atoms with van der Waals surface area (Å²) in [5.41, 5.74) is 5.96. The van der Waals surface area contributed by atoms with Crippen LogP contribution < -0.4 is 5.73 Å². The molecule has 2 aliphatic carbocycles. The standard InChI is InChI=1S/C15H30N2/c1-12-6-5-8-14(10-12)17(2)15-9-4-3-7-13(15)11-16/h12-15H,3-11,16H2,1-2H3. The Balaban J connectivity index is 1.94. The summed E-state index contributed by atoms with van der Waals surface area (Å²) in [5.74, 6) is 1.68. The van der Waals surface area contributed by atoms with Gasteiger partial charge in [0.1, 0.15) is 0 Å². The van der Waals surface area contributed by atoms with E-state index in [1.807, 2.05) is 0 Å². The summed E-state index contributed by atoms with van der Waals surface area (Å²) in [7, 11) is 2.36. The van der Waals surface area contributed by atoms with E-state index < -0.39 is 0 Å². The van der Waals surface area contributed by atoms with Crippen LogP contribution in [0.4, 0.5) is 0 Å². The van der Waals surface area contributed by atoms with Crippen molar-refractivity contribution in [2.45, 2.75) is 70.4 Å². The Morgan fingerprint density at radius 2 is 1.82 bits per heavy atom. The molecule has 4 atom stereocenters. The second-order valence-electron chi connectivity index (χ2n) is 6.44. The molecule has 2 aliphatic rings. The monoisotopic (exact) mass is 238 g/mol. The third-order valence-electron chi connectivity index (χ3n) is 5.18. The van der Waals surface area contributed by atoms with E-state index in [0.29, 0.717) is 0 Å². The van der Waals surface area contributed by atoms with Crippen LogP contribution >= 0.6 is 0 Å². The van der Waals surface area contributed by atoms with E-state index in [1.165, 1.54) is 51.4 Å². The fraction of sp³-hybridized carbons (Fsp3) is 1.00. The molecule has 0 aromatic carbocycles. The predicted octanol–water partition coefficient (Wildman–Crippen LogP) is 3.01. The second-order valence-corrected chi connectivity index (χ2v) is 6.44. The second kappa shape index (κ2) is 6.19. The quantitative estimate of drug-likeness (QED) is 0.819. The summed E-state index contributed by atoms with van der Waals surface area (Å²) in [5, 5.41) is 0. The van der Waals surface area contributed by atoms with Gasteiger partial charge in [-0.1, -0.05) is 32.6 Å². The molecule has 0 bridgehead atoms. The molecular weight excluding hydrogens is 208 g/mol. The van der Waals surface area contributed by atoms with Crippen molar-refractivity contribution in [2.24, 2.45) is 17.6 Å². The van der Waals surface area contributed by atoms with Gasteiger partial charge < -0.3 is 10.6 Å². The Bertz CT molecular complexity index is 229. The van der Waals surface area contributed by atoms with Crippen molar-refractivity contribution >= 4 is 0 Å². The first-order valence-electron chi connectivity index (χ1n) is 7.64. The van der Waals surface area contributed by atoms with Gasteiger partial charge >= 0.3 is 0 Å². The molecule has 0 heterocycles. The molecule has 2 nitrogen and oxygen atoms in total. The third kappa shape index (κ3) is 3.23. The van der Waals surface area contributed by atoms with Gasteiger partial charge in [-0.05, 0) is 51.1 Å². The number of hydrogen-bond donors (Lipinski definition) is 1. The maximum Gasteiger partial charge on any atom is 0.0135 e. The van der Waals surface area contributed by atoms with Gasteiger partial charge in [0, 0.05) is 12.1 Å². The first-order valence-corrected chi connectivity index (χ1v) is 7.64. The molecule has 0 radical (unpaired) electrons. The Labute approximate surface area is 107 Å². The topological polar surface area (TPSA) is 29.3 Å². The van der Waals surface area contributed by atoms with Gasteiger partial charge in [-0.3, -0.25) is 0 Å². The number of nitrogens with two attached hydrogens (primary N) is 1. The number of nitrogens with zero attached hydrogens (tertiary/aromatic N) is 1. The van der Waals surface area contributed by atoms with Crippen LogP contribution in [-0.2, 0) is 0 Å². The average molecular weight is 238 g/mol. The van der Waals surface area contributed by atoms with E-state index in [1.54, 1.807) is 0 Å². The zero-order chi connectivity index (χ0) is 12.3. The highest BCUT2D eigenvalue weighted by molar-refractivity contribution is 4.87. The summed E-state index contributed by atoms with van der Waals surface area (Å²) in [4.78, 5) is 2.70. The highest BCUT2D eigenvalue weighted by atomic mass is 15.2. The van der Waals surface area contributed by atoms with Crippen molar-refractivity contribution < 1.29 is 0 Å². The van der Waals surface area contributed by atoms with Gasteiger partial charge in [-0.2, -0.15) is 0 Å². The average Bonchev–Trinajstić information content (AvgIpc) is 2.38. The Morgan fingerprint density at radius 3 is 2.53 bits per heavy atom. The maximum atomic E-state index is 5.96. The van der Waals surface area contributed by atoms with E-state index >= 15 is 0 Å². The van der Waals surface area contributed by atoms with Crippen LogP contribution in [0.2, 0.25) is 0 Å². The summed E-state index contributed by atoms with van der Waals surface area (Å²) in [6, 6.07) is 1.60. The summed E-state index contributed by atoms with van der Waals surface area (Å²) in [6.45, 7) is 3.30. The van der Waals surface area contributed by atoms with E-state index in [0.717, 1.165) is 30.5 Å². The van der Waals surface area contributed by atoms with E-state index in [9.17, 15) is 0 Å². The highest BCUT2D eigenvalue weighted by Crippen LogP contribution is 2.33. The van der Waals surface area contributed by atoms with Crippen molar-refractivity contribution in [3.63, 3.8) is 0 Å². The Morgan fingerprint density at radius 1 is 1.06 bits per heavy atom. The molecule has 0 aromatic heterocycles. The van der Waals surface area contributed by atoms with Crippen LogP contribution in [-0.4, -0.2) is 30.6 Å². The number of hydrogen-bond acceptors (Lipinski definition) is 2. The number of rotatable bonds is 3. The molecule has 2 saturated carbocycles. The lowest BCUT2D eigenvalue weighted by molar-refractivity contribution is 0.0634. The van der Waals surface area contributed by atoms with Crippen LogP contribution in [0.25, 0.3) is 0 Å². The Hall–Kier alpha value is -0.0800. The molecule has 0 saturated heterocycles. The fourth-order valence-corrected chi connectivity index (χ4v) is 4.04. The predicted molar refractivity (Wildman–Crippen MR) is 74.0 cm³/mol. The minimum Gasteiger partial charge on any atom is -0.330 e. The molecule has 2 fully saturated rings. The third-order valence-corrected chi connectivity index (χ3v) is 5.18. The van der Waals surface area contributed by atoms with Crippen LogP contribution in [0.3, 0.4) is 0 Å². The van der Waals surface area contributed by atoms with E-state index in [2.05, 4.69) is 18.9 Å². The van der Waals surface area contributed by atoms with Gasteiger partial charge in [0.25, 0.3) is 0 Å². The van der Waals surface area contributed by atoms with Gasteiger partial charge in [-0.25, -0.2) is 0 Å². The SMILES string of the molecule is CC1CCCC(N(C)C2CCCCC2CN)C1. The first kappa shape index (κ1) is 13.4. The van der Waals surface area contributed by atoms with Gasteiger partial charge in [0.2, 0.25) is 0 Å². The van der Waals surface area contributed by atoms with Crippen LogP contribution in [0.1, 0.15) is 58.3 Å². The van der Waals surface area contributed by atoms with Crippen molar-refractivity contribution in [3.05, 3.63) is 0 Å². The van der Waals surface area contributed by atoms with Crippen molar-refractivity contribution in [2.75, 3.05) is 13.6 Å². The molecular formula is C15H30N2. The molecule has 100 valence electrons. The normalized spacial score (nSPS) is 39.5. The van der Waals surface area contributed by atoms with Crippen molar-refractivity contribution in [1.29, 1.82) is 0 Å². The molecule has 2 rings (SSSR count). The van der Waals surface area contributed by atoms with Gasteiger partial charge in [0.05, 0.1) is 0 Å². The molecule has 17 heavy (non-hydrogen) atoms. The summed E-state index contributed by atoms with van der Waals surface area (Å²) in [6.07, 6.45) is 11.2. The molecule has 0 amide bonds. The molecule has 0 spiro atoms. The van der Waals surface area contributed by atoms with Crippen LogP contribution in [0, 0.1) is 11.8 Å². The van der Waals surface area contributed by atoms with Gasteiger partial charge in [0.15, 0.2) is 0 Å². The zero-order valence-corrected chi connectivity index (χ0v) is 11.7. The lowest BCUT2D eigenvalue weighted by Gasteiger charge is -2.44. The molecule has 2 N–H and O–H groups in total. The smallest absolute Gasteiger partial charge is 0.0135 e. The molecule has 0 aliphatic heterocycles. The zero-order valence-electron chi connectivity index (χ0n) is 11.7. The van der Waals surface area contributed by atoms with Crippen molar-refractivity contribution in [1.82, 2.24) is 4.90 Å². The summed E-state index contributed by atoms with van der Waals surface area (Å²) < 4.78 is 0. The molecule has 2 heteroatoms. The van der Waals surface area contributed by atoms with E-state index in [-0.39, 0.29) is 0 Å². The maximum absolute atomic E-state index is 5.96. The Kier molecular flexibility index (Phi) is 4.87. The fourth-order valence-electron chi connectivity index (χ4n) is 4.04.